The molecule has 0 fully saturated rings. The van der Waals surface area contributed by atoms with Crippen LogP contribution in [0.5, 0.6) is 5.75 Å². The Labute approximate surface area is 175 Å². The fraction of sp³-hybridized carbons (Fsp3) is 0.200. The predicted molar refractivity (Wildman–Crippen MR) is 117 cm³/mol. The summed E-state index contributed by atoms with van der Waals surface area (Å²) in [5.41, 5.74) is 5.86. The number of pyridine rings is 1. The molecule has 0 N–H and O–H groups in total. The molecule has 0 saturated carbocycles. The molecule has 5 nitrogen and oxygen atoms in total. The number of amides is 1. The van der Waals surface area contributed by atoms with Crippen LogP contribution in [0.1, 0.15) is 33.6 Å². The van der Waals surface area contributed by atoms with Crippen molar-refractivity contribution < 1.29 is 9.53 Å². The Hall–Kier alpha value is -3.60. The molecule has 2 aromatic carbocycles. The summed E-state index contributed by atoms with van der Waals surface area (Å²) in [6, 6.07) is 19.6. The van der Waals surface area contributed by atoms with Gasteiger partial charge in [-0.2, -0.15) is 0 Å². The lowest BCUT2D eigenvalue weighted by atomic mass is 9.99. The molecule has 2 aromatic heterocycles. The van der Waals surface area contributed by atoms with Gasteiger partial charge in [0.05, 0.1) is 5.69 Å². The van der Waals surface area contributed by atoms with Crippen LogP contribution >= 0.6 is 0 Å². The van der Waals surface area contributed by atoms with Crippen molar-refractivity contribution in [3.8, 4) is 5.75 Å². The topological polar surface area (TPSA) is 46.8 Å². The Morgan fingerprint density at radius 3 is 2.93 bits per heavy atom. The van der Waals surface area contributed by atoms with E-state index < -0.39 is 0 Å². The number of fused-ring (bicyclic) bond motifs is 2. The van der Waals surface area contributed by atoms with E-state index in [1.165, 1.54) is 11.1 Å². The van der Waals surface area contributed by atoms with E-state index in [0.29, 0.717) is 17.9 Å². The third-order valence-corrected chi connectivity index (χ3v) is 5.48. The van der Waals surface area contributed by atoms with Crippen LogP contribution in [0.4, 0.5) is 5.69 Å². The minimum Gasteiger partial charge on any atom is -0.487 e. The molecule has 5 heteroatoms. The van der Waals surface area contributed by atoms with Gasteiger partial charge in [-0.3, -0.25) is 4.79 Å². The third-order valence-electron chi connectivity index (χ3n) is 5.48. The summed E-state index contributed by atoms with van der Waals surface area (Å²) in [7, 11) is 0. The summed E-state index contributed by atoms with van der Waals surface area (Å²) in [4.78, 5) is 19.7. The maximum Gasteiger partial charge on any atom is 0.258 e. The van der Waals surface area contributed by atoms with Crippen molar-refractivity contribution in [2.45, 2.75) is 26.4 Å². The highest BCUT2D eigenvalue weighted by Gasteiger charge is 2.23. The van der Waals surface area contributed by atoms with Gasteiger partial charge in [0.15, 0.2) is 0 Å². The van der Waals surface area contributed by atoms with E-state index in [2.05, 4.69) is 30.1 Å². The highest BCUT2D eigenvalue weighted by Crippen LogP contribution is 2.30. The lowest BCUT2D eigenvalue weighted by Gasteiger charge is -2.30. The lowest BCUT2D eigenvalue weighted by molar-refractivity contribution is 0.0984. The maximum absolute atomic E-state index is 13.2. The normalized spacial score (nSPS) is 13.3. The molecule has 0 bridgehead atoms. The Bertz CT molecular complexity index is 1200. The number of imidazole rings is 1. The molecule has 0 unspecified atom stereocenters. The zero-order valence-electron chi connectivity index (χ0n) is 16.9. The molecule has 0 radical (unpaired) electrons. The summed E-state index contributed by atoms with van der Waals surface area (Å²) >= 11 is 0. The largest absolute Gasteiger partial charge is 0.487 e. The molecule has 3 heterocycles. The van der Waals surface area contributed by atoms with Crippen molar-refractivity contribution in [3.05, 3.63) is 95.4 Å². The first-order valence-electron chi connectivity index (χ1n) is 10.2. The van der Waals surface area contributed by atoms with E-state index in [1.54, 1.807) is 0 Å². The Morgan fingerprint density at radius 2 is 2.03 bits per heavy atom. The molecule has 1 aliphatic heterocycles. The van der Waals surface area contributed by atoms with Crippen LogP contribution in [0.3, 0.4) is 0 Å². The van der Waals surface area contributed by atoms with Crippen LogP contribution in [0, 0.1) is 6.92 Å². The predicted octanol–water partition coefficient (Wildman–Crippen LogP) is 4.81. The number of hydrogen-bond donors (Lipinski definition) is 0. The van der Waals surface area contributed by atoms with Gasteiger partial charge in [0.1, 0.15) is 18.0 Å². The van der Waals surface area contributed by atoms with E-state index in [4.69, 9.17) is 4.74 Å². The van der Waals surface area contributed by atoms with Gasteiger partial charge in [-0.25, -0.2) is 4.98 Å². The quantitative estimate of drug-likeness (QED) is 0.496. The fourth-order valence-electron chi connectivity index (χ4n) is 4.03. The minimum atomic E-state index is 0.0120. The number of aryl methyl sites for hydroxylation is 2. The smallest absolute Gasteiger partial charge is 0.258 e. The van der Waals surface area contributed by atoms with Crippen LogP contribution in [-0.2, 0) is 13.0 Å². The van der Waals surface area contributed by atoms with Crippen LogP contribution in [0.2, 0.25) is 0 Å². The average molecular weight is 397 g/mol. The van der Waals surface area contributed by atoms with Crippen LogP contribution in [-0.4, -0.2) is 21.8 Å². The molecule has 4 aromatic rings. The second-order valence-electron chi connectivity index (χ2n) is 7.71. The summed E-state index contributed by atoms with van der Waals surface area (Å²) in [6.45, 7) is 3.18. The number of ether oxygens (including phenoxy) is 1. The molecule has 0 atom stereocenters. The van der Waals surface area contributed by atoms with Gasteiger partial charge in [0, 0.05) is 30.2 Å². The van der Waals surface area contributed by atoms with Gasteiger partial charge in [-0.05, 0) is 61.7 Å². The van der Waals surface area contributed by atoms with Crippen LogP contribution in [0.25, 0.3) is 5.65 Å². The number of rotatable bonds is 4. The Kier molecular flexibility index (Phi) is 4.71. The van der Waals surface area contributed by atoms with E-state index >= 15 is 0 Å². The van der Waals surface area contributed by atoms with Gasteiger partial charge < -0.3 is 14.0 Å². The molecular formula is C25H23N3O2. The summed E-state index contributed by atoms with van der Waals surface area (Å²) in [5.74, 6) is 0.678. The van der Waals surface area contributed by atoms with Gasteiger partial charge in [0.2, 0.25) is 0 Å². The monoisotopic (exact) mass is 397 g/mol. The summed E-state index contributed by atoms with van der Waals surface area (Å²) in [5, 5.41) is 0. The Morgan fingerprint density at radius 1 is 1.10 bits per heavy atom. The molecule has 150 valence electrons. The first kappa shape index (κ1) is 18.4. The van der Waals surface area contributed by atoms with Crippen molar-refractivity contribution in [2.24, 2.45) is 0 Å². The highest BCUT2D eigenvalue weighted by molar-refractivity contribution is 6.07. The standard InChI is InChI=1S/C25H23N3O2/c1-18-10-11-23-19(14-18)7-5-13-28(23)25(29)20-6-4-8-22(15-20)30-17-21-16-27-12-3-2-9-24(27)26-21/h2-4,6,8-12,14-16H,5,7,13,17H2,1H3. The third kappa shape index (κ3) is 3.54. The van der Waals surface area contributed by atoms with Crippen molar-refractivity contribution in [3.63, 3.8) is 0 Å². The van der Waals surface area contributed by atoms with Crippen molar-refractivity contribution in [2.75, 3.05) is 11.4 Å². The van der Waals surface area contributed by atoms with Gasteiger partial charge in [-0.1, -0.05) is 29.8 Å². The first-order valence-corrected chi connectivity index (χ1v) is 10.2. The zero-order valence-corrected chi connectivity index (χ0v) is 16.9. The van der Waals surface area contributed by atoms with Crippen molar-refractivity contribution >= 4 is 17.2 Å². The van der Waals surface area contributed by atoms with Crippen LogP contribution < -0.4 is 9.64 Å². The summed E-state index contributed by atoms with van der Waals surface area (Å²) in [6.07, 6.45) is 5.91. The van der Waals surface area contributed by atoms with E-state index in [9.17, 15) is 4.79 Å². The molecule has 0 aliphatic carbocycles. The number of benzene rings is 2. The molecule has 1 amide bonds. The number of carbonyl (C=O) groups excluding carboxylic acids is 1. The minimum absolute atomic E-state index is 0.0120. The maximum atomic E-state index is 13.2. The molecule has 0 spiro atoms. The van der Waals surface area contributed by atoms with Crippen LogP contribution in [0.15, 0.2) is 73.1 Å². The molecule has 0 saturated heterocycles. The van der Waals surface area contributed by atoms with Gasteiger partial charge in [0.25, 0.3) is 5.91 Å². The van der Waals surface area contributed by atoms with E-state index in [-0.39, 0.29) is 5.91 Å². The number of hydrogen-bond acceptors (Lipinski definition) is 3. The fourth-order valence-corrected chi connectivity index (χ4v) is 4.03. The van der Waals surface area contributed by atoms with Gasteiger partial charge >= 0.3 is 0 Å². The van der Waals surface area contributed by atoms with Gasteiger partial charge in [-0.15, -0.1) is 0 Å². The first-order chi connectivity index (χ1) is 14.7. The van der Waals surface area contributed by atoms with E-state index in [1.807, 2.05) is 64.2 Å². The number of aromatic nitrogens is 2. The van der Waals surface area contributed by atoms with E-state index in [0.717, 1.165) is 36.4 Å². The second kappa shape index (κ2) is 7.67. The lowest BCUT2D eigenvalue weighted by Crippen LogP contribution is -2.35. The molecular weight excluding hydrogens is 374 g/mol. The number of nitrogens with zero attached hydrogens (tertiary/aromatic N) is 3. The average Bonchev–Trinajstić information content (AvgIpc) is 3.20. The van der Waals surface area contributed by atoms with Crippen molar-refractivity contribution in [1.29, 1.82) is 0 Å². The summed E-state index contributed by atoms with van der Waals surface area (Å²) < 4.78 is 7.90. The van der Waals surface area contributed by atoms with Crippen molar-refractivity contribution in [1.82, 2.24) is 9.38 Å². The molecule has 1 aliphatic rings. The SMILES string of the molecule is Cc1ccc2c(c1)CCCN2C(=O)c1cccc(OCc2cn3ccccc3n2)c1. The molecule has 30 heavy (non-hydrogen) atoms. The number of carbonyl (C=O) groups is 1. The number of anilines is 1. The second-order valence-corrected chi connectivity index (χ2v) is 7.71. The highest BCUT2D eigenvalue weighted by atomic mass is 16.5. The zero-order chi connectivity index (χ0) is 20.5. The molecule has 5 rings (SSSR count). The Balaban J connectivity index is 1.34.